The number of carbonyl (C=O) groups excluding carboxylic acids is 2. The molecule has 1 aliphatic heterocycles. The van der Waals surface area contributed by atoms with E-state index in [0.29, 0.717) is 30.9 Å². The number of anilines is 1. The number of nitrogens with zero attached hydrogens (tertiary/aromatic N) is 2. The zero-order valence-electron chi connectivity index (χ0n) is 16.1. The minimum Gasteiger partial charge on any atom is -0.465 e. The smallest absolute Gasteiger partial charge is 0.410 e. The van der Waals surface area contributed by atoms with E-state index in [2.05, 4.69) is 5.32 Å². The van der Waals surface area contributed by atoms with Crippen LogP contribution in [0.3, 0.4) is 0 Å². The number of benzene rings is 1. The van der Waals surface area contributed by atoms with Crippen molar-refractivity contribution in [3.8, 4) is 0 Å². The molecule has 1 fully saturated rings. The second-order valence-corrected chi connectivity index (χ2v) is 7.29. The second-order valence-electron chi connectivity index (χ2n) is 7.29. The Labute approximate surface area is 159 Å². The summed E-state index contributed by atoms with van der Waals surface area (Å²) in [6.07, 6.45) is -1.50. The molecular formula is C19H27N3O5. The van der Waals surface area contributed by atoms with E-state index < -0.39 is 6.09 Å². The SMILES string of the molecule is CC(C)COC(=O)N1[C@H](C)CN(C(=O)c2ccc(NC(=O)O)cc2)C[C@@H]1C. The summed E-state index contributed by atoms with van der Waals surface area (Å²) in [5.41, 5.74) is 0.875. The minimum atomic E-state index is -1.16. The van der Waals surface area contributed by atoms with Gasteiger partial charge in [-0.1, -0.05) is 13.8 Å². The Morgan fingerprint density at radius 1 is 1.15 bits per heavy atom. The van der Waals surface area contributed by atoms with Gasteiger partial charge in [-0.3, -0.25) is 15.0 Å². The number of carbonyl (C=O) groups is 3. The van der Waals surface area contributed by atoms with Gasteiger partial charge in [0, 0.05) is 24.3 Å². The van der Waals surface area contributed by atoms with Crippen molar-refractivity contribution in [3.05, 3.63) is 29.8 Å². The molecule has 8 nitrogen and oxygen atoms in total. The van der Waals surface area contributed by atoms with Crippen molar-refractivity contribution in [1.82, 2.24) is 9.80 Å². The van der Waals surface area contributed by atoms with E-state index in [0.717, 1.165) is 0 Å². The molecule has 1 heterocycles. The van der Waals surface area contributed by atoms with E-state index in [1.165, 1.54) is 0 Å². The third kappa shape index (κ3) is 5.35. The average molecular weight is 377 g/mol. The molecule has 2 rings (SSSR count). The molecule has 8 heteroatoms. The Balaban J connectivity index is 2.01. The van der Waals surface area contributed by atoms with Crippen molar-refractivity contribution < 1.29 is 24.2 Å². The first-order valence-electron chi connectivity index (χ1n) is 9.03. The summed E-state index contributed by atoms with van der Waals surface area (Å²) in [4.78, 5) is 39.2. The summed E-state index contributed by atoms with van der Waals surface area (Å²) in [7, 11) is 0. The number of carboxylic acid groups (broad SMARTS) is 1. The topological polar surface area (TPSA) is 99.2 Å². The van der Waals surface area contributed by atoms with Gasteiger partial charge in [0.15, 0.2) is 0 Å². The number of nitrogens with one attached hydrogen (secondary N) is 1. The lowest BCUT2D eigenvalue weighted by Gasteiger charge is -2.43. The Morgan fingerprint density at radius 2 is 1.70 bits per heavy atom. The van der Waals surface area contributed by atoms with Gasteiger partial charge in [-0.25, -0.2) is 9.59 Å². The maximum Gasteiger partial charge on any atom is 0.410 e. The van der Waals surface area contributed by atoms with E-state index in [1.54, 1.807) is 34.1 Å². The van der Waals surface area contributed by atoms with Crippen molar-refractivity contribution in [2.75, 3.05) is 25.0 Å². The van der Waals surface area contributed by atoms with Gasteiger partial charge in [0.05, 0.1) is 18.7 Å². The van der Waals surface area contributed by atoms with E-state index in [9.17, 15) is 14.4 Å². The van der Waals surface area contributed by atoms with Gasteiger partial charge in [0.1, 0.15) is 0 Å². The first-order chi connectivity index (χ1) is 12.7. The van der Waals surface area contributed by atoms with E-state index >= 15 is 0 Å². The van der Waals surface area contributed by atoms with Crippen LogP contribution in [-0.2, 0) is 4.74 Å². The van der Waals surface area contributed by atoms with Crippen LogP contribution in [0.2, 0.25) is 0 Å². The summed E-state index contributed by atoms with van der Waals surface area (Å²) in [6.45, 7) is 8.94. The molecule has 1 saturated heterocycles. The molecule has 148 valence electrons. The Bertz CT molecular complexity index is 677. The molecule has 1 aromatic rings. The van der Waals surface area contributed by atoms with Crippen molar-refractivity contribution in [3.63, 3.8) is 0 Å². The Morgan fingerprint density at radius 3 is 2.19 bits per heavy atom. The summed E-state index contributed by atoms with van der Waals surface area (Å²) in [5, 5.41) is 11.0. The van der Waals surface area contributed by atoms with Crippen molar-refractivity contribution in [1.29, 1.82) is 0 Å². The zero-order chi connectivity index (χ0) is 20.1. The fourth-order valence-electron chi connectivity index (χ4n) is 3.16. The number of ether oxygens (including phenoxy) is 1. The van der Waals surface area contributed by atoms with Crippen molar-refractivity contribution in [2.24, 2.45) is 5.92 Å². The maximum atomic E-state index is 12.8. The molecule has 0 unspecified atom stereocenters. The molecule has 2 N–H and O–H groups in total. The Kier molecular flexibility index (Phi) is 6.65. The third-order valence-electron chi connectivity index (χ3n) is 4.34. The lowest BCUT2D eigenvalue weighted by atomic mass is 10.1. The standard InChI is InChI=1S/C19H27N3O5/c1-12(2)11-27-19(26)22-13(3)9-21(10-14(22)4)17(23)15-5-7-16(8-6-15)20-18(24)25/h5-8,12-14,20H,9-11H2,1-4H3,(H,24,25)/t13-,14+. The zero-order valence-corrected chi connectivity index (χ0v) is 16.1. The highest BCUT2D eigenvalue weighted by atomic mass is 16.6. The summed E-state index contributed by atoms with van der Waals surface area (Å²) >= 11 is 0. The summed E-state index contributed by atoms with van der Waals surface area (Å²) in [5.74, 6) is 0.117. The van der Waals surface area contributed by atoms with Crippen molar-refractivity contribution in [2.45, 2.75) is 39.8 Å². The minimum absolute atomic E-state index is 0.147. The average Bonchev–Trinajstić information content (AvgIpc) is 2.58. The molecule has 3 amide bonds. The fourth-order valence-corrected chi connectivity index (χ4v) is 3.16. The predicted octanol–water partition coefficient (Wildman–Crippen LogP) is 3.10. The van der Waals surface area contributed by atoms with Crippen LogP contribution in [-0.4, -0.2) is 64.8 Å². The molecule has 0 radical (unpaired) electrons. The molecule has 2 atom stereocenters. The molecule has 0 saturated carbocycles. The van der Waals surface area contributed by atoms with Gasteiger partial charge in [-0.05, 0) is 44.0 Å². The normalized spacial score (nSPS) is 19.7. The van der Waals surface area contributed by atoms with Crippen LogP contribution in [0.1, 0.15) is 38.1 Å². The van der Waals surface area contributed by atoms with Crippen LogP contribution in [0.5, 0.6) is 0 Å². The summed E-state index contributed by atoms with van der Waals surface area (Å²) in [6, 6.07) is 5.95. The van der Waals surface area contributed by atoms with Crippen molar-refractivity contribution >= 4 is 23.8 Å². The molecular weight excluding hydrogens is 350 g/mol. The first kappa shape index (κ1) is 20.5. The van der Waals surface area contributed by atoms with E-state index in [-0.39, 0.29) is 30.0 Å². The van der Waals surface area contributed by atoms with Crippen LogP contribution < -0.4 is 5.32 Å². The molecule has 0 aromatic heterocycles. The molecule has 0 aliphatic carbocycles. The third-order valence-corrected chi connectivity index (χ3v) is 4.34. The highest BCUT2D eigenvalue weighted by Gasteiger charge is 2.36. The molecule has 27 heavy (non-hydrogen) atoms. The highest BCUT2D eigenvalue weighted by molar-refractivity contribution is 5.95. The number of hydrogen-bond acceptors (Lipinski definition) is 4. The summed E-state index contributed by atoms with van der Waals surface area (Å²) < 4.78 is 5.34. The predicted molar refractivity (Wildman–Crippen MR) is 101 cm³/mol. The van der Waals surface area contributed by atoms with Crippen LogP contribution in [0.25, 0.3) is 0 Å². The second kappa shape index (κ2) is 8.75. The number of amides is 3. The quantitative estimate of drug-likeness (QED) is 0.840. The maximum absolute atomic E-state index is 12.8. The monoisotopic (exact) mass is 377 g/mol. The number of hydrogen-bond donors (Lipinski definition) is 2. The van der Waals surface area contributed by atoms with Crippen LogP contribution in [0, 0.1) is 5.92 Å². The fraction of sp³-hybridized carbons (Fsp3) is 0.526. The molecule has 1 aromatic carbocycles. The highest BCUT2D eigenvalue weighted by Crippen LogP contribution is 2.20. The van der Waals surface area contributed by atoms with E-state index in [1.807, 2.05) is 27.7 Å². The largest absolute Gasteiger partial charge is 0.465 e. The number of piperazine rings is 1. The van der Waals surface area contributed by atoms with Gasteiger partial charge >= 0.3 is 12.2 Å². The first-order valence-corrected chi connectivity index (χ1v) is 9.03. The van der Waals surface area contributed by atoms with Gasteiger partial charge in [0.2, 0.25) is 0 Å². The van der Waals surface area contributed by atoms with Gasteiger partial charge in [-0.15, -0.1) is 0 Å². The lowest BCUT2D eigenvalue weighted by molar-refractivity contribution is 0.0185. The van der Waals surface area contributed by atoms with Gasteiger partial charge < -0.3 is 14.7 Å². The molecule has 0 spiro atoms. The van der Waals surface area contributed by atoms with Crippen LogP contribution in [0.4, 0.5) is 15.3 Å². The van der Waals surface area contributed by atoms with E-state index in [4.69, 9.17) is 9.84 Å². The lowest BCUT2D eigenvalue weighted by Crippen LogP contribution is -2.60. The van der Waals surface area contributed by atoms with Gasteiger partial charge in [-0.2, -0.15) is 0 Å². The van der Waals surface area contributed by atoms with Crippen LogP contribution >= 0.6 is 0 Å². The van der Waals surface area contributed by atoms with Crippen LogP contribution in [0.15, 0.2) is 24.3 Å². The Hall–Kier alpha value is -2.77. The van der Waals surface area contributed by atoms with Gasteiger partial charge in [0.25, 0.3) is 5.91 Å². The molecule has 0 bridgehead atoms. The molecule has 1 aliphatic rings. The number of rotatable bonds is 4.